The Hall–Kier alpha value is -0.490. The molecule has 0 spiro atoms. The van der Waals surface area contributed by atoms with Gasteiger partial charge in [0.25, 0.3) is 0 Å². The number of rotatable bonds is 4. The molecule has 1 aliphatic heterocycles. The Bertz CT molecular complexity index is 474. The lowest BCUT2D eigenvalue weighted by Crippen LogP contribution is -2.45. The van der Waals surface area contributed by atoms with Gasteiger partial charge in [0, 0.05) is 38.6 Å². The van der Waals surface area contributed by atoms with Crippen LogP contribution in [0.15, 0.2) is 18.2 Å². The van der Waals surface area contributed by atoms with E-state index in [0.29, 0.717) is 28.7 Å². The molecule has 0 bridgehead atoms. The van der Waals surface area contributed by atoms with Gasteiger partial charge in [-0.3, -0.25) is 4.90 Å². The molecule has 1 atom stereocenters. The zero-order valence-electron chi connectivity index (χ0n) is 11.4. The third kappa shape index (κ3) is 4.74. The van der Waals surface area contributed by atoms with E-state index in [2.05, 4.69) is 5.32 Å². The van der Waals surface area contributed by atoms with E-state index >= 15 is 0 Å². The zero-order chi connectivity index (χ0) is 15.5. The van der Waals surface area contributed by atoms with Gasteiger partial charge in [-0.1, -0.05) is 35.3 Å². The minimum atomic E-state index is -4.17. The highest BCUT2D eigenvalue weighted by atomic mass is 35.5. The average molecular weight is 341 g/mol. The van der Waals surface area contributed by atoms with Crippen LogP contribution in [-0.2, 0) is 0 Å². The van der Waals surface area contributed by atoms with Gasteiger partial charge < -0.3 is 5.32 Å². The molecular formula is C14H17Cl2F3N2. The summed E-state index contributed by atoms with van der Waals surface area (Å²) in [5.74, 6) is 0. The highest BCUT2D eigenvalue weighted by molar-refractivity contribution is 6.42. The fraction of sp³-hybridized carbons (Fsp3) is 0.571. The van der Waals surface area contributed by atoms with Crippen LogP contribution in [0.1, 0.15) is 24.4 Å². The van der Waals surface area contributed by atoms with Crippen LogP contribution in [0.25, 0.3) is 0 Å². The molecule has 2 nitrogen and oxygen atoms in total. The number of benzene rings is 1. The molecule has 1 N–H and O–H groups in total. The number of halogens is 5. The Balaban J connectivity index is 2.23. The number of hydrogen-bond donors (Lipinski definition) is 1. The standard InChI is InChI=1S/C14H17Cl2F3N2/c15-11-3-1-2-10(13(11)16)12(4-5-14(17,18)19)21-8-6-20-7-9-21/h1-3,12,20H,4-9H2/t12-/m0/s1. The Morgan fingerprint density at radius 3 is 2.48 bits per heavy atom. The Morgan fingerprint density at radius 2 is 1.86 bits per heavy atom. The molecule has 1 saturated heterocycles. The van der Waals surface area contributed by atoms with Crippen LogP contribution < -0.4 is 5.32 Å². The molecule has 2 rings (SSSR count). The van der Waals surface area contributed by atoms with Crippen molar-refractivity contribution in [2.24, 2.45) is 0 Å². The Kier molecular flexibility index (Phi) is 5.77. The van der Waals surface area contributed by atoms with Gasteiger partial charge in [-0.15, -0.1) is 0 Å². The fourth-order valence-electron chi connectivity index (χ4n) is 2.61. The summed E-state index contributed by atoms with van der Waals surface area (Å²) in [4.78, 5) is 2.04. The van der Waals surface area contributed by atoms with E-state index in [9.17, 15) is 13.2 Å². The Morgan fingerprint density at radius 1 is 1.19 bits per heavy atom. The van der Waals surface area contributed by atoms with E-state index in [-0.39, 0.29) is 12.5 Å². The van der Waals surface area contributed by atoms with Crippen molar-refractivity contribution in [1.29, 1.82) is 0 Å². The van der Waals surface area contributed by atoms with Crippen molar-refractivity contribution < 1.29 is 13.2 Å². The number of alkyl halides is 3. The van der Waals surface area contributed by atoms with Gasteiger partial charge in [-0.2, -0.15) is 13.2 Å². The minimum absolute atomic E-state index is 0.0104. The van der Waals surface area contributed by atoms with Gasteiger partial charge in [-0.05, 0) is 18.1 Å². The number of hydrogen-bond acceptors (Lipinski definition) is 2. The largest absolute Gasteiger partial charge is 0.389 e. The molecule has 1 heterocycles. The lowest BCUT2D eigenvalue weighted by Gasteiger charge is -2.36. The van der Waals surface area contributed by atoms with Crippen molar-refractivity contribution in [3.05, 3.63) is 33.8 Å². The van der Waals surface area contributed by atoms with Crippen LogP contribution in [-0.4, -0.2) is 37.3 Å². The van der Waals surface area contributed by atoms with Crippen molar-refractivity contribution in [3.8, 4) is 0 Å². The second-order valence-corrected chi connectivity index (χ2v) is 5.88. The zero-order valence-corrected chi connectivity index (χ0v) is 12.9. The van der Waals surface area contributed by atoms with E-state index in [1.54, 1.807) is 18.2 Å². The van der Waals surface area contributed by atoms with E-state index in [1.165, 1.54) is 0 Å². The summed E-state index contributed by atoms with van der Waals surface area (Å²) in [7, 11) is 0. The predicted octanol–water partition coefficient (Wildman–Crippen LogP) is 4.28. The third-order valence-corrected chi connectivity index (χ3v) is 4.47. The summed E-state index contributed by atoms with van der Waals surface area (Å²) < 4.78 is 37.8. The van der Waals surface area contributed by atoms with Crippen LogP contribution in [0.5, 0.6) is 0 Å². The van der Waals surface area contributed by atoms with E-state index in [1.807, 2.05) is 4.90 Å². The van der Waals surface area contributed by atoms with Crippen molar-refractivity contribution >= 4 is 23.2 Å². The first-order chi connectivity index (χ1) is 9.88. The van der Waals surface area contributed by atoms with Crippen molar-refractivity contribution in [3.63, 3.8) is 0 Å². The number of nitrogens with zero attached hydrogens (tertiary/aromatic N) is 1. The first-order valence-electron chi connectivity index (χ1n) is 6.84. The van der Waals surface area contributed by atoms with Gasteiger partial charge >= 0.3 is 6.18 Å². The van der Waals surface area contributed by atoms with Gasteiger partial charge in [-0.25, -0.2) is 0 Å². The first-order valence-corrected chi connectivity index (χ1v) is 7.59. The van der Waals surface area contributed by atoms with Crippen molar-refractivity contribution in [2.45, 2.75) is 25.1 Å². The molecule has 1 aromatic rings. The smallest absolute Gasteiger partial charge is 0.314 e. The predicted molar refractivity (Wildman–Crippen MR) is 78.9 cm³/mol. The van der Waals surface area contributed by atoms with E-state index in [4.69, 9.17) is 23.2 Å². The second-order valence-electron chi connectivity index (χ2n) is 5.10. The monoisotopic (exact) mass is 340 g/mol. The number of piperazine rings is 1. The molecule has 21 heavy (non-hydrogen) atoms. The molecule has 7 heteroatoms. The molecular weight excluding hydrogens is 324 g/mol. The van der Waals surface area contributed by atoms with Crippen LogP contribution in [0, 0.1) is 0 Å². The topological polar surface area (TPSA) is 15.3 Å². The van der Waals surface area contributed by atoms with Gasteiger partial charge in [0.15, 0.2) is 0 Å². The third-order valence-electron chi connectivity index (χ3n) is 3.63. The molecule has 1 aromatic carbocycles. The van der Waals surface area contributed by atoms with Crippen LogP contribution in [0.2, 0.25) is 10.0 Å². The maximum absolute atomic E-state index is 12.6. The van der Waals surface area contributed by atoms with Crippen LogP contribution in [0.3, 0.4) is 0 Å². The SMILES string of the molecule is FC(F)(F)CC[C@@H](c1cccc(Cl)c1Cl)N1CCNCC1. The normalized spacial score (nSPS) is 18.7. The summed E-state index contributed by atoms with van der Waals surface area (Å²) in [6, 6.07) is 4.77. The van der Waals surface area contributed by atoms with Crippen LogP contribution in [0.4, 0.5) is 13.2 Å². The molecule has 1 aliphatic rings. The molecule has 0 unspecified atom stereocenters. The maximum atomic E-state index is 12.6. The Labute approximate surface area is 132 Å². The summed E-state index contributed by atoms with van der Waals surface area (Å²) in [5, 5.41) is 3.92. The lowest BCUT2D eigenvalue weighted by molar-refractivity contribution is -0.138. The van der Waals surface area contributed by atoms with E-state index < -0.39 is 12.6 Å². The summed E-state index contributed by atoms with van der Waals surface area (Å²) >= 11 is 12.2. The van der Waals surface area contributed by atoms with Gasteiger partial charge in [0.2, 0.25) is 0 Å². The quantitative estimate of drug-likeness (QED) is 0.879. The first kappa shape index (κ1) is 16.9. The lowest BCUT2D eigenvalue weighted by atomic mass is 9.99. The minimum Gasteiger partial charge on any atom is -0.314 e. The van der Waals surface area contributed by atoms with Gasteiger partial charge in [0.05, 0.1) is 10.0 Å². The van der Waals surface area contributed by atoms with Gasteiger partial charge in [0.1, 0.15) is 0 Å². The van der Waals surface area contributed by atoms with Crippen molar-refractivity contribution in [1.82, 2.24) is 10.2 Å². The van der Waals surface area contributed by atoms with Crippen molar-refractivity contribution in [2.75, 3.05) is 26.2 Å². The second kappa shape index (κ2) is 7.18. The molecule has 0 aliphatic carbocycles. The molecule has 0 saturated carbocycles. The summed E-state index contributed by atoms with van der Waals surface area (Å²) in [6.07, 6.45) is -5.01. The average Bonchev–Trinajstić information content (AvgIpc) is 2.43. The maximum Gasteiger partial charge on any atom is 0.389 e. The molecule has 118 valence electrons. The van der Waals surface area contributed by atoms with Crippen LogP contribution >= 0.6 is 23.2 Å². The highest BCUT2D eigenvalue weighted by Gasteiger charge is 2.32. The molecule has 0 radical (unpaired) electrons. The summed E-state index contributed by atoms with van der Waals surface area (Å²) in [6.45, 7) is 2.93. The molecule has 0 aromatic heterocycles. The molecule has 0 amide bonds. The fourth-order valence-corrected chi connectivity index (χ4v) is 3.04. The highest BCUT2D eigenvalue weighted by Crippen LogP contribution is 2.37. The molecule has 1 fully saturated rings. The summed E-state index contributed by atoms with van der Waals surface area (Å²) in [5.41, 5.74) is 0.676. The number of nitrogens with one attached hydrogen (secondary N) is 1. The van der Waals surface area contributed by atoms with E-state index in [0.717, 1.165) is 13.1 Å².